The minimum Gasteiger partial charge on any atom is -0.443 e. The summed E-state index contributed by atoms with van der Waals surface area (Å²) in [5.41, 5.74) is -0.0736. The quantitative estimate of drug-likeness (QED) is 0.789. The second kappa shape index (κ2) is 6.50. The SMILES string of the molecule is O=C(NCc1coc(-c2cccs2)n1)NCC1(O)CCCC1. The summed E-state index contributed by atoms with van der Waals surface area (Å²) in [7, 11) is 0. The van der Waals surface area contributed by atoms with Crippen molar-refractivity contribution >= 4 is 17.4 Å². The van der Waals surface area contributed by atoms with E-state index in [1.165, 1.54) is 0 Å². The minimum atomic E-state index is -0.739. The number of aromatic nitrogens is 1. The highest BCUT2D eigenvalue weighted by Crippen LogP contribution is 2.28. The Labute approximate surface area is 132 Å². The van der Waals surface area contributed by atoms with Gasteiger partial charge in [-0.25, -0.2) is 9.78 Å². The molecule has 3 N–H and O–H groups in total. The standard InChI is InChI=1S/C15H19N3O3S/c19-14(17-10-15(20)5-1-2-6-15)16-8-11-9-21-13(18-11)12-4-3-7-22-12/h3-4,7,9,20H,1-2,5-6,8,10H2,(H2,16,17,19). The van der Waals surface area contributed by atoms with Crippen molar-refractivity contribution < 1.29 is 14.3 Å². The van der Waals surface area contributed by atoms with E-state index in [9.17, 15) is 9.90 Å². The smallest absolute Gasteiger partial charge is 0.315 e. The van der Waals surface area contributed by atoms with Gasteiger partial charge in [0.2, 0.25) is 5.89 Å². The summed E-state index contributed by atoms with van der Waals surface area (Å²) in [6, 6.07) is 3.56. The van der Waals surface area contributed by atoms with Crippen LogP contribution in [-0.2, 0) is 6.54 Å². The summed E-state index contributed by atoms with van der Waals surface area (Å²) in [6.07, 6.45) is 5.08. The highest BCUT2D eigenvalue weighted by Gasteiger charge is 2.31. The number of aliphatic hydroxyl groups is 1. The average Bonchev–Trinajstić information content (AvgIpc) is 3.24. The second-order valence-electron chi connectivity index (χ2n) is 5.59. The summed E-state index contributed by atoms with van der Waals surface area (Å²) >= 11 is 1.55. The molecule has 7 heteroatoms. The number of rotatable bonds is 5. The first kappa shape index (κ1) is 15.1. The average molecular weight is 321 g/mol. The maximum atomic E-state index is 11.8. The van der Waals surface area contributed by atoms with E-state index in [4.69, 9.17) is 4.42 Å². The molecule has 118 valence electrons. The maximum Gasteiger partial charge on any atom is 0.315 e. The molecule has 22 heavy (non-hydrogen) atoms. The molecule has 2 aromatic rings. The van der Waals surface area contributed by atoms with Crippen LogP contribution < -0.4 is 10.6 Å². The zero-order chi connectivity index (χ0) is 15.4. The van der Waals surface area contributed by atoms with E-state index in [2.05, 4.69) is 15.6 Å². The van der Waals surface area contributed by atoms with Gasteiger partial charge in [0, 0.05) is 6.54 Å². The molecule has 0 bridgehead atoms. The van der Waals surface area contributed by atoms with Gasteiger partial charge >= 0.3 is 6.03 Å². The number of hydrogen-bond donors (Lipinski definition) is 3. The summed E-state index contributed by atoms with van der Waals surface area (Å²) in [4.78, 5) is 17.0. The lowest BCUT2D eigenvalue weighted by atomic mass is 10.0. The van der Waals surface area contributed by atoms with Gasteiger partial charge in [0.05, 0.1) is 22.7 Å². The molecule has 3 rings (SSSR count). The number of carbonyl (C=O) groups is 1. The molecule has 0 atom stereocenters. The van der Waals surface area contributed by atoms with Gasteiger partial charge < -0.3 is 20.2 Å². The summed E-state index contributed by atoms with van der Waals surface area (Å²) in [6.45, 7) is 0.581. The molecule has 2 heterocycles. The number of nitrogens with zero attached hydrogens (tertiary/aromatic N) is 1. The molecule has 6 nitrogen and oxygen atoms in total. The van der Waals surface area contributed by atoms with Gasteiger partial charge in [-0.3, -0.25) is 0 Å². The van der Waals surface area contributed by atoms with Gasteiger partial charge in [-0.1, -0.05) is 18.9 Å². The fourth-order valence-corrected chi connectivity index (χ4v) is 3.25. The first-order chi connectivity index (χ1) is 10.6. The van der Waals surface area contributed by atoms with Gasteiger partial charge in [-0.2, -0.15) is 0 Å². The van der Waals surface area contributed by atoms with Crippen molar-refractivity contribution in [3.63, 3.8) is 0 Å². The molecule has 0 saturated heterocycles. The second-order valence-corrected chi connectivity index (χ2v) is 6.54. The fraction of sp³-hybridized carbons (Fsp3) is 0.467. The maximum absolute atomic E-state index is 11.8. The van der Waals surface area contributed by atoms with Crippen LogP contribution in [-0.4, -0.2) is 28.3 Å². The van der Waals surface area contributed by atoms with Gasteiger partial charge in [0.25, 0.3) is 0 Å². The largest absolute Gasteiger partial charge is 0.443 e. The molecule has 1 aliphatic carbocycles. The summed E-state index contributed by atoms with van der Waals surface area (Å²) < 4.78 is 5.39. The zero-order valence-corrected chi connectivity index (χ0v) is 13.0. The van der Waals surface area contributed by atoms with E-state index in [1.807, 2.05) is 17.5 Å². The third-order valence-corrected chi connectivity index (χ3v) is 4.68. The van der Waals surface area contributed by atoms with Crippen molar-refractivity contribution in [2.24, 2.45) is 0 Å². The number of carbonyl (C=O) groups excluding carboxylic acids is 1. The van der Waals surface area contributed by atoms with Crippen molar-refractivity contribution in [1.82, 2.24) is 15.6 Å². The van der Waals surface area contributed by atoms with Gasteiger partial charge in [-0.15, -0.1) is 11.3 Å². The monoisotopic (exact) mass is 321 g/mol. The Morgan fingerprint density at radius 1 is 1.41 bits per heavy atom. The molecule has 1 fully saturated rings. The Hall–Kier alpha value is -1.86. The number of oxazole rings is 1. The zero-order valence-electron chi connectivity index (χ0n) is 12.2. The van der Waals surface area contributed by atoms with Crippen LogP contribution in [0.1, 0.15) is 31.4 Å². The third-order valence-electron chi connectivity index (χ3n) is 3.83. The van der Waals surface area contributed by atoms with Crippen LogP contribution in [0, 0.1) is 0 Å². The first-order valence-corrected chi connectivity index (χ1v) is 8.25. The lowest BCUT2D eigenvalue weighted by Gasteiger charge is -2.22. The fourth-order valence-electron chi connectivity index (χ4n) is 2.59. The van der Waals surface area contributed by atoms with Crippen LogP contribution >= 0.6 is 11.3 Å². The summed E-state index contributed by atoms with van der Waals surface area (Å²) in [5, 5.41) is 17.6. The number of amides is 2. The first-order valence-electron chi connectivity index (χ1n) is 7.37. The lowest BCUT2D eigenvalue weighted by Crippen LogP contribution is -2.44. The molecule has 0 aliphatic heterocycles. The van der Waals surface area contributed by atoms with Crippen molar-refractivity contribution in [2.75, 3.05) is 6.54 Å². The van der Waals surface area contributed by atoms with Crippen molar-refractivity contribution in [1.29, 1.82) is 0 Å². The van der Waals surface area contributed by atoms with E-state index in [-0.39, 0.29) is 12.6 Å². The number of thiophene rings is 1. The van der Waals surface area contributed by atoms with E-state index in [1.54, 1.807) is 17.6 Å². The van der Waals surface area contributed by atoms with Gasteiger partial charge in [0.1, 0.15) is 6.26 Å². The van der Waals surface area contributed by atoms with E-state index >= 15 is 0 Å². The molecule has 1 aliphatic rings. The molecule has 0 aromatic carbocycles. The normalized spacial score (nSPS) is 16.6. The van der Waals surface area contributed by atoms with Crippen LogP contribution in [0.3, 0.4) is 0 Å². The molecule has 0 radical (unpaired) electrons. The van der Waals surface area contributed by atoms with Gasteiger partial charge in [0.15, 0.2) is 0 Å². The Morgan fingerprint density at radius 3 is 2.95 bits per heavy atom. The van der Waals surface area contributed by atoms with Crippen molar-refractivity contribution in [3.8, 4) is 10.8 Å². The summed E-state index contributed by atoms with van der Waals surface area (Å²) in [5.74, 6) is 0.562. The molecule has 1 saturated carbocycles. The Balaban J connectivity index is 1.45. The predicted octanol–water partition coefficient (Wildman–Crippen LogP) is 2.51. The van der Waals surface area contributed by atoms with Crippen LogP contribution in [0.5, 0.6) is 0 Å². The molecule has 2 aromatic heterocycles. The highest BCUT2D eigenvalue weighted by molar-refractivity contribution is 7.13. The van der Waals surface area contributed by atoms with E-state index in [0.717, 1.165) is 30.6 Å². The van der Waals surface area contributed by atoms with Crippen molar-refractivity contribution in [3.05, 3.63) is 29.5 Å². The van der Waals surface area contributed by atoms with Crippen molar-refractivity contribution in [2.45, 2.75) is 37.8 Å². The third kappa shape index (κ3) is 3.66. The highest BCUT2D eigenvalue weighted by atomic mass is 32.1. The molecular formula is C15H19N3O3S. The van der Waals surface area contributed by atoms with Crippen LogP contribution in [0.25, 0.3) is 10.8 Å². The van der Waals surface area contributed by atoms with Gasteiger partial charge in [-0.05, 0) is 24.3 Å². The number of nitrogens with one attached hydrogen (secondary N) is 2. The topological polar surface area (TPSA) is 87.4 Å². The Bertz CT molecular complexity index is 618. The van der Waals surface area contributed by atoms with Crippen LogP contribution in [0.15, 0.2) is 28.2 Å². The van der Waals surface area contributed by atoms with Crippen LogP contribution in [0.2, 0.25) is 0 Å². The molecular weight excluding hydrogens is 302 g/mol. The van der Waals surface area contributed by atoms with Crippen LogP contribution in [0.4, 0.5) is 4.79 Å². The lowest BCUT2D eigenvalue weighted by molar-refractivity contribution is 0.0501. The minimum absolute atomic E-state index is 0.290. The molecule has 0 unspecified atom stereocenters. The number of urea groups is 1. The Kier molecular flexibility index (Phi) is 4.44. The molecule has 0 spiro atoms. The number of hydrogen-bond acceptors (Lipinski definition) is 5. The Morgan fingerprint density at radius 2 is 2.23 bits per heavy atom. The molecule has 2 amide bonds. The predicted molar refractivity (Wildman–Crippen MR) is 83.5 cm³/mol. The van der Waals surface area contributed by atoms with E-state index < -0.39 is 5.60 Å². The van der Waals surface area contributed by atoms with E-state index in [0.29, 0.717) is 18.1 Å².